The zero-order valence-electron chi connectivity index (χ0n) is 13.7. The van der Waals surface area contributed by atoms with E-state index in [1.165, 1.54) is 23.1 Å². The van der Waals surface area contributed by atoms with Gasteiger partial charge in [-0.2, -0.15) is 0 Å². The maximum absolute atomic E-state index is 12.6. The molecule has 0 saturated carbocycles. The smallest absolute Gasteiger partial charge is 0.323 e. The normalized spacial score (nSPS) is 11.5. The summed E-state index contributed by atoms with van der Waals surface area (Å²) in [5.74, 6) is -1.63. The average Bonchev–Trinajstić information content (AvgIpc) is 2.43. The topological polar surface area (TPSA) is 104 Å². The van der Waals surface area contributed by atoms with Crippen LogP contribution in [0.2, 0.25) is 0 Å². The predicted octanol–water partition coefficient (Wildman–Crippen LogP) is 1.23. The number of carboxylic acid groups (broad SMARTS) is 1. The van der Waals surface area contributed by atoms with E-state index in [-0.39, 0.29) is 23.0 Å². The average molecular weight is 342 g/mol. The van der Waals surface area contributed by atoms with E-state index >= 15 is 0 Å². The second kappa shape index (κ2) is 7.56. The van der Waals surface area contributed by atoms with Gasteiger partial charge in [0.25, 0.3) is 5.91 Å². The van der Waals surface area contributed by atoms with Crippen LogP contribution in [0, 0.1) is 6.92 Å². The molecular formula is C15H22N2O5S. The van der Waals surface area contributed by atoms with Gasteiger partial charge in [-0.25, -0.2) is 13.1 Å². The molecule has 1 amide bonds. The van der Waals surface area contributed by atoms with Crippen molar-refractivity contribution >= 4 is 21.9 Å². The van der Waals surface area contributed by atoms with Crippen molar-refractivity contribution in [3.05, 3.63) is 29.3 Å². The van der Waals surface area contributed by atoms with Crippen LogP contribution in [-0.4, -0.2) is 49.4 Å². The number of carboxylic acids is 1. The number of aliphatic carboxylic acids is 1. The molecule has 128 valence electrons. The van der Waals surface area contributed by atoms with Gasteiger partial charge in [-0.1, -0.05) is 13.0 Å². The molecule has 0 bridgehead atoms. The third-order valence-electron chi connectivity index (χ3n) is 3.27. The highest BCUT2D eigenvalue weighted by atomic mass is 32.2. The summed E-state index contributed by atoms with van der Waals surface area (Å²) in [7, 11) is -3.69. The van der Waals surface area contributed by atoms with E-state index < -0.39 is 28.4 Å². The van der Waals surface area contributed by atoms with Crippen LogP contribution >= 0.6 is 0 Å². The predicted molar refractivity (Wildman–Crippen MR) is 85.8 cm³/mol. The van der Waals surface area contributed by atoms with Gasteiger partial charge in [0, 0.05) is 18.2 Å². The third-order valence-corrected chi connectivity index (χ3v) is 4.82. The molecule has 1 aromatic rings. The molecule has 8 heteroatoms. The maximum atomic E-state index is 12.6. The van der Waals surface area contributed by atoms with Crippen molar-refractivity contribution in [2.75, 3.05) is 13.1 Å². The lowest BCUT2D eigenvalue weighted by atomic mass is 10.1. The Bertz CT molecular complexity index is 698. The van der Waals surface area contributed by atoms with Crippen molar-refractivity contribution in [1.29, 1.82) is 0 Å². The molecule has 0 aliphatic heterocycles. The number of hydrogen-bond acceptors (Lipinski definition) is 4. The molecule has 0 radical (unpaired) electrons. The monoisotopic (exact) mass is 342 g/mol. The van der Waals surface area contributed by atoms with Crippen molar-refractivity contribution < 1.29 is 23.1 Å². The number of amides is 1. The van der Waals surface area contributed by atoms with Crippen LogP contribution in [0.4, 0.5) is 0 Å². The zero-order valence-corrected chi connectivity index (χ0v) is 14.5. The van der Waals surface area contributed by atoms with Crippen LogP contribution in [0.1, 0.15) is 36.7 Å². The molecule has 1 aromatic carbocycles. The number of hydrogen-bond donors (Lipinski definition) is 2. The van der Waals surface area contributed by atoms with Crippen molar-refractivity contribution in [3.63, 3.8) is 0 Å². The zero-order chi connectivity index (χ0) is 17.8. The quantitative estimate of drug-likeness (QED) is 0.775. The first-order chi connectivity index (χ1) is 10.6. The summed E-state index contributed by atoms with van der Waals surface area (Å²) in [4.78, 5) is 24.7. The molecule has 0 unspecified atom stereocenters. The fraction of sp³-hybridized carbons (Fsp3) is 0.467. The molecule has 0 aromatic heterocycles. The first kappa shape index (κ1) is 19.1. The lowest BCUT2D eigenvalue weighted by Crippen LogP contribution is -2.41. The molecule has 0 heterocycles. The van der Waals surface area contributed by atoms with Crippen LogP contribution in [0.3, 0.4) is 0 Å². The van der Waals surface area contributed by atoms with E-state index in [4.69, 9.17) is 5.11 Å². The van der Waals surface area contributed by atoms with Crippen LogP contribution in [0.15, 0.2) is 23.1 Å². The number of carbonyl (C=O) groups excluding carboxylic acids is 1. The highest BCUT2D eigenvalue weighted by molar-refractivity contribution is 7.89. The van der Waals surface area contributed by atoms with Gasteiger partial charge in [-0.15, -0.1) is 0 Å². The summed E-state index contributed by atoms with van der Waals surface area (Å²) in [5.41, 5.74) is 0.764. The van der Waals surface area contributed by atoms with Crippen LogP contribution in [-0.2, 0) is 14.8 Å². The third kappa shape index (κ3) is 4.77. The minimum atomic E-state index is -3.69. The lowest BCUT2D eigenvalue weighted by molar-refractivity contribution is -0.138. The first-order valence-electron chi connectivity index (χ1n) is 7.23. The SMILES string of the molecule is CCNS(=O)(=O)c1ccc(C)c(C(=O)N(CC(=O)O)C(C)C)c1. The summed E-state index contributed by atoms with van der Waals surface area (Å²) in [6, 6.07) is 3.91. The second-order valence-electron chi connectivity index (χ2n) is 5.40. The van der Waals surface area contributed by atoms with Gasteiger partial charge in [0.2, 0.25) is 10.0 Å². The molecule has 2 N–H and O–H groups in total. The van der Waals surface area contributed by atoms with Crippen molar-refractivity contribution in [2.45, 2.75) is 38.6 Å². The molecule has 0 saturated heterocycles. The first-order valence-corrected chi connectivity index (χ1v) is 8.71. The molecule has 0 fully saturated rings. The van der Waals surface area contributed by atoms with Gasteiger partial charge in [-0.05, 0) is 38.5 Å². The molecule has 23 heavy (non-hydrogen) atoms. The van der Waals surface area contributed by atoms with E-state index in [9.17, 15) is 18.0 Å². The fourth-order valence-electron chi connectivity index (χ4n) is 2.06. The Kier molecular flexibility index (Phi) is 6.28. The Hall–Kier alpha value is -1.93. The van der Waals surface area contributed by atoms with Crippen molar-refractivity contribution in [3.8, 4) is 0 Å². The molecule has 0 atom stereocenters. The summed E-state index contributed by atoms with van der Waals surface area (Å²) in [5, 5.41) is 8.95. The molecule has 7 nitrogen and oxygen atoms in total. The molecular weight excluding hydrogens is 320 g/mol. The van der Waals surface area contributed by atoms with Gasteiger partial charge in [0.1, 0.15) is 6.54 Å². The van der Waals surface area contributed by atoms with E-state index in [0.717, 1.165) is 0 Å². The molecule has 0 aliphatic rings. The van der Waals surface area contributed by atoms with Crippen LogP contribution in [0.25, 0.3) is 0 Å². The molecule has 0 spiro atoms. The summed E-state index contributed by atoms with van der Waals surface area (Å²) in [6.07, 6.45) is 0. The van der Waals surface area contributed by atoms with E-state index in [2.05, 4.69) is 4.72 Å². The maximum Gasteiger partial charge on any atom is 0.323 e. The Morgan fingerprint density at radius 3 is 2.39 bits per heavy atom. The summed E-state index contributed by atoms with van der Waals surface area (Å²) >= 11 is 0. The van der Waals surface area contributed by atoms with Gasteiger partial charge >= 0.3 is 5.97 Å². The van der Waals surface area contributed by atoms with Crippen LogP contribution in [0.5, 0.6) is 0 Å². The highest BCUT2D eigenvalue weighted by Gasteiger charge is 2.24. The van der Waals surface area contributed by atoms with Gasteiger partial charge in [-0.3, -0.25) is 9.59 Å². The van der Waals surface area contributed by atoms with Crippen molar-refractivity contribution in [1.82, 2.24) is 9.62 Å². The Morgan fingerprint density at radius 1 is 1.30 bits per heavy atom. The second-order valence-corrected chi connectivity index (χ2v) is 7.17. The number of sulfonamides is 1. The largest absolute Gasteiger partial charge is 0.480 e. The number of nitrogens with one attached hydrogen (secondary N) is 1. The van der Waals surface area contributed by atoms with Gasteiger partial charge < -0.3 is 10.0 Å². The van der Waals surface area contributed by atoms with E-state index in [0.29, 0.717) is 5.56 Å². The minimum Gasteiger partial charge on any atom is -0.480 e. The lowest BCUT2D eigenvalue weighted by Gasteiger charge is -2.25. The molecule has 1 rings (SSSR count). The van der Waals surface area contributed by atoms with E-state index in [1.54, 1.807) is 27.7 Å². The Labute approximate surface area is 136 Å². The number of nitrogens with zero attached hydrogens (tertiary/aromatic N) is 1. The van der Waals surface area contributed by atoms with Gasteiger partial charge in [0.15, 0.2) is 0 Å². The number of aryl methyl sites for hydroxylation is 1. The summed E-state index contributed by atoms with van der Waals surface area (Å²) < 4.78 is 26.5. The van der Waals surface area contributed by atoms with E-state index in [1.807, 2.05) is 0 Å². The van der Waals surface area contributed by atoms with Gasteiger partial charge in [0.05, 0.1) is 4.90 Å². The number of benzene rings is 1. The number of carbonyl (C=O) groups is 2. The standard InChI is InChI=1S/C15H22N2O5S/c1-5-16-23(21,22)12-7-6-11(4)13(8-12)15(20)17(10(2)3)9-14(18)19/h6-8,10,16H,5,9H2,1-4H3,(H,18,19). The fourth-order valence-corrected chi connectivity index (χ4v) is 3.13. The number of rotatable bonds is 7. The Balaban J connectivity index is 3.30. The molecule has 0 aliphatic carbocycles. The van der Waals surface area contributed by atoms with Crippen LogP contribution < -0.4 is 4.72 Å². The Morgan fingerprint density at radius 2 is 1.91 bits per heavy atom. The van der Waals surface area contributed by atoms with Crippen molar-refractivity contribution in [2.24, 2.45) is 0 Å². The minimum absolute atomic E-state index is 0.0210. The summed E-state index contributed by atoms with van der Waals surface area (Å²) in [6.45, 7) is 6.53. The highest BCUT2D eigenvalue weighted by Crippen LogP contribution is 2.18.